The second-order valence-corrected chi connectivity index (χ2v) is 6.42. The predicted molar refractivity (Wildman–Crippen MR) is 101 cm³/mol. The number of amides is 1. The number of nitrogens with one attached hydrogen (secondary N) is 2. The smallest absolute Gasteiger partial charge is 0.255 e. The van der Waals surface area contributed by atoms with Gasteiger partial charge in [0.1, 0.15) is 0 Å². The first-order chi connectivity index (χ1) is 12.6. The summed E-state index contributed by atoms with van der Waals surface area (Å²) in [7, 11) is 0. The Morgan fingerprint density at radius 1 is 1.04 bits per heavy atom. The van der Waals surface area contributed by atoms with Crippen LogP contribution in [0.1, 0.15) is 35.9 Å². The van der Waals surface area contributed by atoms with Gasteiger partial charge in [-0.2, -0.15) is 4.98 Å². The Labute approximate surface area is 152 Å². The summed E-state index contributed by atoms with van der Waals surface area (Å²) in [6, 6.07) is 16.6. The number of carbonyl (C=O) groups is 1. The lowest BCUT2D eigenvalue weighted by atomic mass is 10.1. The van der Waals surface area contributed by atoms with Gasteiger partial charge in [0.05, 0.1) is 17.9 Å². The maximum atomic E-state index is 12.4. The van der Waals surface area contributed by atoms with E-state index >= 15 is 0 Å². The third-order valence-corrected chi connectivity index (χ3v) is 3.74. The minimum Gasteiger partial charge on any atom is -0.374 e. The van der Waals surface area contributed by atoms with Crippen molar-refractivity contribution >= 4 is 17.3 Å². The quantitative estimate of drug-likeness (QED) is 0.669. The van der Waals surface area contributed by atoms with E-state index in [-0.39, 0.29) is 5.91 Å². The van der Waals surface area contributed by atoms with Gasteiger partial charge < -0.3 is 15.2 Å². The molecule has 0 unspecified atom stereocenters. The molecule has 3 rings (SSSR count). The molecule has 0 aliphatic carbocycles. The Morgan fingerprint density at radius 3 is 2.46 bits per heavy atom. The molecule has 0 spiro atoms. The van der Waals surface area contributed by atoms with Gasteiger partial charge in [-0.25, -0.2) is 0 Å². The summed E-state index contributed by atoms with van der Waals surface area (Å²) in [4.78, 5) is 16.7. The maximum Gasteiger partial charge on any atom is 0.255 e. The number of hydrogen-bond acceptors (Lipinski definition) is 5. The van der Waals surface area contributed by atoms with Crippen molar-refractivity contribution < 1.29 is 9.32 Å². The zero-order valence-corrected chi connectivity index (χ0v) is 14.9. The Balaban J connectivity index is 1.65. The van der Waals surface area contributed by atoms with Crippen molar-refractivity contribution in [2.75, 3.05) is 10.6 Å². The molecular weight excluding hydrogens is 328 g/mol. The number of aromatic nitrogens is 2. The Morgan fingerprint density at radius 2 is 1.73 bits per heavy atom. The first-order valence-corrected chi connectivity index (χ1v) is 8.62. The molecule has 6 nitrogen and oxygen atoms in total. The van der Waals surface area contributed by atoms with Gasteiger partial charge in [-0.1, -0.05) is 49.3 Å². The van der Waals surface area contributed by atoms with Crippen molar-refractivity contribution in [3.8, 4) is 0 Å². The average molecular weight is 350 g/mol. The fraction of sp³-hybridized carbons (Fsp3) is 0.250. The van der Waals surface area contributed by atoms with Crippen molar-refractivity contribution in [2.24, 2.45) is 5.92 Å². The molecule has 6 heteroatoms. The summed E-state index contributed by atoms with van der Waals surface area (Å²) in [5.74, 6) is 1.55. The van der Waals surface area contributed by atoms with Crippen LogP contribution in [0.4, 0.5) is 11.4 Å². The fourth-order valence-electron chi connectivity index (χ4n) is 2.51. The van der Waals surface area contributed by atoms with Gasteiger partial charge in [0.25, 0.3) is 5.91 Å². The zero-order chi connectivity index (χ0) is 18.4. The standard InChI is InChI=1S/C20H22N4O2/c1-14(2)12-18-23-19(26-24-18)13-21-16-10-6-7-11-17(16)22-20(25)15-8-4-3-5-9-15/h3-11,14,21H,12-13H2,1-2H3,(H,22,25). The van der Waals surface area contributed by atoms with Gasteiger partial charge in [-0.05, 0) is 30.2 Å². The van der Waals surface area contributed by atoms with Gasteiger partial charge in [0, 0.05) is 12.0 Å². The first kappa shape index (κ1) is 17.7. The molecule has 0 bridgehead atoms. The number of hydrogen-bond donors (Lipinski definition) is 2. The summed E-state index contributed by atoms with van der Waals surface area (Å²) in [5.41, 5.74) is 2.10. The molecule has 0 atom stereocenters. The van der Waals surface area contributed by atoms with Crippen LogP contribution in [0, 0.1) is 5.92 Å². The van der Waals surface area contributed by atoms with Crippen LogP contribution in [-0.4, -0.2) is 16.0 Å². The van der Waals surface area contributed by atoms with Crippen molar-refractivity contribution in [3.05, 3.63) is 71.9 Å². The summed E-state index contributed by atoms with van der Waals surface area (Å²) in [6.45, 7) is 4.61. The van der Waals surface area contributed by atoms with Crippen molar-refractivity contribution in [1.29, 1.82) is 0 Å². The van der Waals surface area contributed by atoms with E-state index in [4.69, 9.17) is 4.52 Å². The number of para-hydroxylation sites is 2. The molecule has 1 aromatic heterocycles. The first-order valence-electron chi connectivity index (χ1n) is 8.62. The predicted octanol–water partition coefficient (Wildman–Crippen LogP) is 4.13. The van der Waals surface area contributed by atoms with Gasteiger partial charge >= 0.3 is 0 Å². The normalized spacial score (nSPS) is 10.7. The van der Waals surface area contributed by atoms with E-state index in [0.29, 0.717) is 35.4 Å². The molecule has 2 aromatic carbocycles. The topological polar surface area (TPSA) is 80.0 Å². The molecule has 1 amide bonds. The van der Waals surface area contributed by atoms with Crippen LogP contribution in [0.5, 0.6) is 0 Å². The molecule has 26 heavy (non-hydrogen) atoms. The average Bonchev–Trinajstić information content (AvgIpc) is 3.08. The third kappa shape index (κ3) is 4.69. The highest BCUT2D eigenvalue weighted by Crippen LogP contribution is 2.22. The van der Waals surface area contributed by atoms with E-state index in [1.807, 2.05) is 42.5 Å². The third-order valence-electron chi connectivity index (χ3n) is 3.74. The van der Waals surface area contributed by atoms with E-state index in [2.05, 4.69) is 34.6 Å². The van der Waals surface area contributed by atoms with Gasteiger partial charge in [-0.15, -0.1) is 0 Å². The minimum atomic E-state index is -0.156. The van der Waals surface area contributed by atoms with E-state index in [1.165, 1.54) is 0 Å². The molecule has 0 aliphatic heterocycles. The monoisotopic (exact) mass is 350 g/mol. The molecule has 134 valence electrons. The molecule has 3 aromatic rings. The SMILES string of the molecule is CC(C)Cc1noc(CNc2ccccc2NC(=O)c2ccccc2)n1. The van der Waals surface area contributed by atoms with Crippen LogP contribution in [0.3, 0.4) is 0 Å². The molecule has 2 N–H and O–H groups in total. The molecule has 0 radical (unpaired) electrons. The van der Waals surface area contributed by atoms with Gasteiger partial charge in [-0.3, -0.25) is 4.79 Å². The number of anilines is 2. The van der Waals surface area contributed by atoms with Crippen molar-refractivity contribution in [2.45, 2.75) is 26.8 Å². The second-order valence-electron chi connectivity index (χ2n) is 6.42. The van der Waals surface area contributed by atoms with Crippen LogP contribution in [0.25, 0.3) is 0 Å². The summed E-state index contributed by atoms with van der Waals surface area (Å²) in [6.07, 6.45) is 0.785. The Hall–Kier alpha value is -3.15. The van der Waals surface area contributed by atoms with E-state index in [9.17, 15) is 4.79 Å². The highest BCUT2D eigenvalue weighted by Gasteiger charge is 2.11. The van der Waals surface area contributed by atoms with Gasteiger partial charge in [0.15, 0.2) is 5.82 Å². The highest BCUT2D eigenvalue weighted by atomic mass is 16.5. The fourth-order valence-corrected chi connectivity index (χ4v) is 2.51. The molecule has 1 heterocycles. The van der Waals surface area contributed by atoms with Gasteiger partial charge in [0.2, 0.25) is 5.89 Å². The van der Waals surface area contributed by atoms with Crippen molar-refractivity contribution in [1.82, 2.24) is 10.1 Å². The maximum absolute atomic E-state index is 12.4. The molecule has 0 aliphatic rings. The summed E-state index contributed by atoms with van der Waals surface area (Å²) in [5, 5.41) is 10.2. The second kappa shape index (κ2) is 8.29. The van der Waals surface area contributed by atoms with Crippen LogP contribution in [0.15, 0.2) is 59.1 Å². The van der Waals surface area contributed by atoms with Crippen LogP contribution in [-0.2, 0) is 13.0 Å². The Kier molecular flexibility index (Phi) is 5.63. The largest absolute Gasteiger partial charge is 0.374 e. The molecular formula is C20H22N4O2. The molecule has 0 saturated carbocycles. The molecule has 0 fully saturated rings. The lowest BCUT2D eigenvalue weighted by Gasteiger charge is -2.12. The van der Waals surface area contributed by atoms with Crippen molar-refractivity contribution in [3.63, 3.8) is 0 Å². The van der Waals surface area contributed by atoms with E-state index in [0.717, 1.165) is 12.1 Å². The minimum absolute atomic E-state index is 0.156. The summed E-state index contributed by atoms with van der Waals surface area (Å²) < 4.78 is 5.27. The number of carbonyl (C=O) groups excluding carboxylic acids is 1. The van der Waals surface area contributed by atoms with E-state index < -0.39 is 0 Å². The Bertz CT molecular complexity index is 859. The zero-order valence-electron chi connectivity index (χ0n) is 14.9. The number of benzene rings is 2. The highest BCUT2D eigenvalue weighted by molar-refractivity contribution is 6.05. The molecule has 0 saturated heterocycles. The van der Waals surface area contributed by atoms with Crippen LogP contribution < -0.4 is 10.6 Å². The van der Waals surface area contributed by atoms with Crippen LogP contribution in [0.2, 0.25) is 0 Å². The van der Waals surface area contributed by atoms with Crippen LogP contribution >= 0.6 is 0 Å². The number of nitrogens with zero attached hydrogens (tertiary/aromatic N) is 2. The summed E-state index contributed by atoms with van der Waals surface area (Å²) >= 11 is 0. The lowest BCUT2D eigenvalue weighted by molar-refractivity contribution is 0.102. The van der Waals surface area contributed by atoms with E-state index in [1.54, 1.807) is 12.1 Å². The lowest BCUT2D eigenvalue weighted by Crippen LogP contribution is -2.13. The number of rotatable bonds is 7.